The highest BCUT2D eigenvalue weighted by atomic mass is 32.2. The zero-order valence-corrected chi connectivity index (χ0v) is 18.9. The van der Waals surface area contributed by atoms with E-state index in [4.69, 9.17) is 4.42 Å². The molecule has 0 fully saturated rings. The number of amides is 1. The Labute approximate surface area is 195 Å². The molecule has 0 N–H and O–H groups in total. The highest BCUT2D eigenvalue weighted by Gasteiger charge is 2.21. The minimum Gasteiger partial charge on any atom is -0.467 e. The molecule has 0 atom stereocenters. The molecule has 7 nitrogen and oxygen atoms in total. The molecule has 0 saturated carbocycles. The van der Waals surface area contributed by atoms with Gasteiger partial charge in [0.2, 0.25) is 6.41 Å². The molecule has 5 rings (SSSR count). The molecule has 8 heteroatoms. The fraction of sp³-hybridized carbons (Fsp3) is 0.200. The summed E-state index contributed by atoms with van der Waals surface area (Å²) in [5.74, 6) is 1.77. The summed E-state index contributed by atoms with van der Waals surface area (Å²) in [7, 11) is 0. The molecular formula is C25H22N4O3S. The summed E-state index contributed by atoms with van der Waals surface area (Å²) >= 11 is 1.36. The SMILES string of the molecule is Cc1cccc(-c2nnc(SCC(=O)c3ccc4c(c3)CCN4C=O)n2Cc2ccco2)c1. The maximum Gasteiger partial charge on any atom is 0.214 e. The van der Waals surface area contributed by atoms with Crippen molar-refractivity contribution in [1.29, 1.82) is 0 Å². The van der Waals surface area contributed by atoms with Gasteiger partial charge in [0, 0.05) is 23.4 Å². The van der Waals surface area contributed by atoms with Crippen LogP contribution >= 0.6 is 11.8 Å². The number of aryl methyl sites for hydroxylation is 1. The summed E-state index contributed by atoms with van der Waals surface area (Å²) in [6, 6.07) is 17.4. The van der Waals surface area contributed by atoms with Gasteiger partial charge in [-0.3, -0.25) is 14.2 Å². The lowest BCUT2D eigenvalue weighted by Crippen LogP contribution is -2.17. The van der Waals surface area contributed by atoms with Crippen LogP contribution in [0.1, 0.15) is 27.2 Å². The van der Waals surface area contributed by atoms with E-state index in [9.17, 15) is 9.59 Å². The van der Waals surface area contributed by atoms with Gasteiger partial charge in [0.05, 0.1) is 18.6 Å². The maximum absolute atomic E-state index is 12.9. The van der Waals surface area contributed by atoms with E-state index in [1.54, 1.807) is 17.2 Å². The second-order valence-electron chi connectivity index (χ2n) is 7.95. The van der Waals surface area contributed by atoms with Gasteiger partial charge in [0.25, 0.3) is 0 Å². The van der Waals surface area contributed by atoms with Crippen molar-refractivity contribution in [1.82, 2.24) is 14.8 Å². The Morgan fingerprint density at radius 1 is 1.15 bits per heavy atom. The van der Waals surface area contributed by atoms with Crippen molar-refractivity contribution in [2.45, 2.75) is 25.0 Å². The molecule has 1 aliphatic heterocycles. The average Bonchev–Trinajstić information content (AvgIpc) is 3.57. The number of fused-ring (bicyclic) bond motifs is 1. The Morgan fingerprint density at radius 2 is 2.06 bits per heavy atom. The Kier molecular flexibility index (Phi) is 5.83. The van der Waals surface area contributed by atoms with E-state index in [1.165, 1.54) is 11.8 Å². The average molecular weight is 459 g/mol. The number of ketones is 1. The number of hydrogen-bond acceptors (Lipinski definition) is 6. The molecule has 1 amide bonds. The molecule has 0 aliphatic carbocycles. The predicted molar refractivity (Wildman–Crippen MR) is 127 cm³/mol. The maximum atomic E-state index is 12.9. The monoisotopic (exact) mass is 458 g/mol. The van der Waals surface area contributed by atoms with Crippen molar-refractivity contribution >= 4 is 29.6 Å². The largest absolute Gasteiger partial charge is 0.467 e. The molecule has 0 bridgehead atoms. The van der Waals surface area contributed by atoms with E-state index in [1.807, 2.05) is 54.0 Å². The van der Waals surface area contributed by atoms with E-state index >= 15 is 0 Å². The first-order valence-corrected chi connectivity index (χ1v) is 11.6. The number of thioether (sulfide) groups is 1. The highest BCUT2D eigenvalue weighted by molar-refractivity contribution is 7.99. The highest BCUT2D eigenvalue weighted by Crippen LogP contribution is 2.29. The quantitative estimate of drug-likeness (QED) is 0.221. The van der Waals surface area contributed by atoms with Crippen LogP contribution in [0.3, 0.4) is 0 Å². The first-order chi connectivity index (χ1) is 16.1. The smallest absolute Gasteiger partial charge is 0.214 e. The summed E-state index contributed by atoms with van der Waals surface area (Å²) in [5, 5.41) is 9.46. The van der Waals surface area contributed by atoms with Gasteiger partial charge in [-0.25, -0.2) is 0 Å². The molecule has 4 aromatic rings. The molecule has 0 spiro atoms. The van der Waals surface area contributed by atoms with E-state index in [0.717, 1.165) is 46.8 Å². The number of carbonyl (C=O) groups is 2. The Bertz CT molecular complexity index is 1310. The molecule has 1 aliphatic rings. The van der Waals surface area contributed by atoms with Crippen LogP contribution < -0.4 is 4.90 Å². The number of hydrogen-bond donors (Lipinski definition) is 0. The zero-order chi connectivity index (χ0) is 22.8. The van der Waals surface area contributed by atoms with Crippen LogP contribution in [0.5, 0.6) is 0 Å². The number of benzene rings is 2. The molecule has 2 aromatic carbocycles. The molecule has 2 aromatic heterocycles. The molecule has 0 saturated heterocycles. The second kappa shape index (κ2) is 9.07. The molecular weight excluding hydrogens is 436 g/mol. The van der Waals surface area contributed by atoms with Crippen LogP contribution in [0.4, 0.5) is 5.69 Å². The topological polar surface area (TPSA) is 81.2 Å². The molecule has 166 valence electrons. The number of carbonyl (C=O) groups excluding carboxylic acids is 2. The number of furan rings is 1. The van der Waals surface area contributed by atoms with Crippen molar-refractivity contribution in [2.75, 3.05) is 17.2 Å². The van der Waals surface area contributed by atoms with Crippen LogP contribution in [0.15, 0.2) is 70.4 Å². The standard InChI is InChI=1S/C25H22N4O3S/c1-17-4-2-5-20(12-17)24-26-27-25(29(24)14-21-6-3-11-32-21)33-15-23(31)19-7-8-22-18(13-19)9-10-28(22)16-30/h2-8,11-13,16H,9-10,14-15H2,1H3. The molecule has 3 heterocycles. The van der Waals surface area contributed by atoms with Crippen LogP contribution in [0.25, 0.3) is 11.4 Å². The number of anilines is 1. The lowest BCUT2D eigenvalue weighted by Gasteiger charge is -2.11. The van der Waals surface area contributed by atoms with E-state index in [0.29, 0.717) is 23.8 Å². The van der Waals surface area contributed by atoms with Crippen LogP contribution in [-0.4, -0.2) is 39.3 Å². The van der Waals surface area contributed by atoms with Gasteiger partial charge in [-0.15, -0.1) is 10.2 Å². The lowest BCUT2D eigenvalue weighted by molar-refractivity contribution is -0.107. The van der Waals surface area contributed by atoms with Crippen molar-refractivity contribution in [3.8, 4) is 11.4 Å². The molecule has 0 unspecified atom stereocenters. The number of aromatic nitrogens is 3. The van der Waals surface area contributed by atoms with Crippen molar-refractivity contribution in [3.05, 3.63) is 83.3 Å². The molecule has 0 radical (unpaired) electrons. The van der Waals surface area contributed by atoms with Crippen LogP contribution in [0, 0.1) is 6.92 Å². The fourth-order valence-corrected chi connectivity index (χ4v) is 4.85. The first-order valence-electron chi connectivity index (χ1n) is 10.7. The Morgan fingerprint density at radius 3 is 2.85 bits per heavy atom. The van der Waals surface area contributed by atoms with Gasteiger partial charge in [-0.2, -0.15) is 0 Å². The van der Waals surface area contributed by atoms with Crippen molar-refractivity contribution in [3.63, 3.8) is 0 Å². The van der Waals surface area contributed by atoms with Crippen LogP contribution in [-0.2, 0) is 17.8 Å². The number of nitrogens with zero attached hydrogens (tertiary/aromatic N) is 4. The number of Topliss-reactive ketones (excluding diaryl/α,β-unsaturated/α-hetero) is 1. The summed E-state index contributed by atoms with van der Waals surface area (Å²) in [4.78, 5) is 25.8. The Balaban J connectivity index is 1.38. The normalized spacial score (nSPS) is 12.7. The number of rotatable bonds is 8. The van der Waals surface area contributed by atoms with Gasteiger partial charge in [-0.1, -0.05) is 35.5 Å². The van der Waals surface area contributed by atoms with Gasteiger partial charge in [0.15, 0.2) is 16.8 Å². The fourth-order valence-electron chi connectivity index (χ4n) is 4.02. The third-order valence-corrected chi connectivity index (χ3v) is 6.65. The van der Waals surface area contributed by atoms with E-state index < -0.39 is 0 Å². The molecule has 33 heavy (non-hydrogen) atoms. The minimum atomic E-state index is 0.0111. The van der Waals surface area contributed by atoms with Gasteiger partial charge >= 0.3 is 0 Å². The minimum absolute atomic E-state index is 0.0111. The van der Waals surface area contributed by atoms with Gasteiger partial charge in [0.1, 0.15) is 5.76 Å². The van der Waals surface area contributed by atoms with E-state index in [2.05, 4.69) is 16.3 Å². The predicted octanol–water partition coefficient (Wildman–Crippen LogP) is 4.39. The summed E-state index contributed by atoms with van der Waals surface area (Å²) in [6.07, 6.45) is 3.24. The third-order valence-electron chi connectivity index (χ3n) is 5.68. The first kappa shape index (κ1) is 21.2. The zero-order valence-electron chi connectivity index (χ0n) is 18.1. The summed E-state index contributed by atoms with van der Waals surface area (Å²) in [5.41, 5.74) is 4.65. The van der Waals surface area contributed by atoms with Gasteiger partial charge < -0.3 is 9.32 Å². The third kappa shape index (κ3) is 4.34. The van der Waals surface area contributed by atoms with E-state index in [-0.39, 0.29) is 11.5 Å². The van der Waals surface area contributed by atoms with Gasteiger partial charge in [-0.05, 0) is 55.3 Å². The van der Waals surface area contributed by atoms with Crippen molar-refractivity contribution in [2.24, 2.45) is 0 Å². The summed E-state index contributed by atoms with van der Waals surface area (Å²) < 4.78 is 7.53. The Hall–Kier alpha value is -3.65. The summed E-state index contributed by atoms with van der Waals surface area (Å²) in [6.45, 7) is 3.17. The lowest BCUT2D eigenvalue weighted by atomic mass is 10.1. The van der Waals surface area contributed by atoms with Crippen molar-refractivity contribution < 1.29 is 14.0 Å². The van der Waals surface area contributed by atoms with Crippen LogP contribution in [0.2, 0.25) is 0 Å². The second-order valence-corrected chi connectivity index (χ2v) is 8.89.